The van der Waals surface area contributed by atoms with Crippen molar-refractivity contribution in [2.24, 2.45) is 5.92 Å². The number of rotatable bonds is 2. The highest BCUT2D eigenvalue weighted by molar-refractivity contribution is 7.98. The molecule has 20 heavy (non-hydrogen) atoms. The molecule has 1 aromatic rings. The van der Waals surface area contributed by atoms with Crippen molar-refractivity contribution in [1.82, 2.24) is 9.80 Å². The summed E-state index contributed by atoms with van der Waals surface area (Å²) in [5, 5.41) is 0. The Labute approximate surface area is 125 Å². The molecule has 3 rings (SSSR count). The number of hydrogen-bond acceptors (Lipinski definition) is 3. The van der Waals surface area contributed by atoms with E-state index in [0.717, 1.165) is 23.5 Å². The lowest BCUT2D eigenvalue weighted by molar-refractivity contribution is 0.0628. The molecule has 0 aliphatic carbocycles. The number of amides is 1. The number of carbonyl (C=O) groups excluding carboxylic acids is 1. The minimum absolute atomic E-state index is 0.220. The van der Waals surface area contributed by atoms with E-state index in [1.54, 1.807) is 11.8 Å². The Morgan fingerprint density at radius 3 is 2.80 bits per heavy atom. The van der Waals surface area contributed by atoms with E-state index in [9.17, 15) is 4.79 Å². The summed E-state index contributed by atoms with van der Waals surface area (Å²) in [6.07, 6.45) is 4.44. The van der Waals surface area contributed by atoms with Gasteiger partial charge in [-0.15, -0.1) is 11.8 Å². The minimum atomic E-state index is 0.220. The van der Waals surface area contributed by atoms with Gasteiger partial charge in [0.1, 0.15) is 0 Å². The number of piperidine rings is 1. The average Bonchev–Trinajstić information content (AvgIpc) is 2.89. The average molecular weight is 290 g/mol. The number of likely N-dealkylation sites (tertiary alicyclic amines) is 2. The Hall–Kier alpha value is -1.00. The van der Waals surface area contributed by atoms with Crippen molar-refractivity contribution in [3.8, 4) is 0 Å². The summed E-state index contributed by atoms with van der Waals surface area (Å²) in [5.41, 5.74) is 0.869. The highest BCUT2D eigenvalue weighted by Gasteiger charge is 2.40. The fourth-order valence-electron chi connectivity index (χ4n) is 3.53. The summed E-state index contributed by atoms with van der Waals surface area (Å²) in [6.45, 7) is 3.12. The predicted octanol–water partition coefficient (Wildman–Crippen LogP) is 2.57. The molecule has 4 heteroatoms. The molecule has 0 N–H and O–H groups in total. The fraction of sp³-hybridized carbons (Fsp3) is 0.562. The third-order valence-corrected chi connectivity index (χ3v) is 5.46. The Morgan fingerprint density at radius 2 is 2.00 bits per heavy atom. The summed E-state index contributed by atoms with van der Waals surface area (Å²) in [7, 11) is 2.16. The van der Waals surface area contributed by atoms with Gasteiger partial charge in [-0.05, 0) is 50.7 Å². The third-order valence-electron chi connectivity index (χ3n) is 4.66. The first-order valence-electron chi connectivity index (χ1n) is 7.33. The molecule has 2 heterocycles. The highest BCUT2D eigenvalue weighted by Crippen LogP contribution is 2.33. The Balaban J connectivity index is 1.83. The molecule has 0 aromatic heterocycles. The second kappa shape index (κ2) is 5.78. The van der Waals surface area contributed by atoms with Crippen molar-refractivity contribution in [2.75, 3.05) is 32.9 Å². The van der Waals surface area contributed by atoms with Crippen LogP contribution in [0.25, 0.3) is 0 Å². The molecule has 0 radical (unpaired) electrons. The molecule has 0 unspecified atom stereocenters. The van der Waals surface area contributed by atoms with Crippen molar-refractivity contribution in [1.29, 1.82) is 0 Å². The summed E-state index contributed by atoms with van der Waals surface area (Å²) in [4.78, 5) is 18.4. The zero-order valence-electron chi connectivity index (χ0n) is 12.2. The van der Waals surface area contributed by atoms with Crippen LogP contribution in [0, 0.1) is 5.92 Å². The van der Waals surface area contributed by atoms with E-state index >= 15 is 0 Å². The van der Waals surface area contributed by atoms with Gasteiger partial charge in [-0.25, -0.2) is 0 Å². The van der Waals surface area contributed by atoms with Crippen LogP contribution in [0.1, 0.15) is 23.2 Å². The molecule has 2 fully saturated rings. The SMILES string of the molecule is CSc1ccccc1C(=O)N1CC[C@H]2CCN(C)C[C@H]21. The number of fused-ring (bicyclic) bond motifs is 1. The van der Waals surface area contributed by atoms with Gasteiger partial charge in [0.05, 0.1) is 5.56 Å². The molecule has 1 aromatic carbocycles. The summed E-state index contributed by atoms with van der Waals surface area (Å²) >= 11 is 1.65. The van der Waals surface area contributed by atoms with Gasteiger partial charge < -0.3 is 9.80 Å². The zero-order chi connectivity index (χ0) is 14.1. The second-order valence-electron chi connectivity index (χ2n) is 5.87. The largest absolute Gasteiger partial charge is 0.334 e. The van der Waals surface area contributed by atoms with Crippen LogP contribution in [-0.4, -0.2) is 54.7 Å². The smallest absolute Gasteiger partial charge is 0.255 e. The number of likely N-dealkylation sites (N-methyl/N-ethyl adjacent to an activating group) is 1. The van der Waals surface area contributed by atoms with E-state index in [1.165, 1.54) is 19.4 Å². The normalized spacial score (nSPS) is 26.6. The maximum absolute atomic E-state index is 12.9. The number of nitrogens with zero attached hydrogens (tertiary/aromatic N) is 2. The van der Waals surface area contributed by atoms with Gasteiger partial charge in [0.2, 0.25) is 0 Å². The van der Waals surface area contributed by atoms with Gasteiger partial charge in [-0.2, -0.15) is 0 Å². The molecular weight excluding hydrogens is 268 g/mol. The molecule has 0 spiro atoms. The second-order valence-corrected chi connectivity index (χ2v) is 6.71. The highest BCUT2D eigenvalue weighted by atomic mass is 32.2. The lowest BCUT2D eigenvalue weighted by Gasteiger charge is -2.36. The van der Waals surface area contributed by atoms with E-state index in [1.807, 2.05) is 30.5 Å². The lowest BCUT2D eigenvalue weighted by Crippen LogP contribution is -2.48. The lowest BCUT2D eigenvalue weighted by atomic mass is 9.92. The van der Waals surface area contributed by atoms with Crippen LogP contribution in [0.4, 0.5) is 0 Å². The van der Waals surface area contributed by atoms with E-state index in [-0.39, 0.29) is 5.91 Å². The maximum atomic E-state index is 12.9. The fourth-order valence-corrected chi connectivity index (χ4v) is 4.12. The monoisotopic (exact) mass is 290 g/mol. The summed E-state index contributed by atoms with van der Waals surface area (Å²) in [5.74, 6) is 0.925. The van der Waals surface area contributed by atoms with E-state index in [2.05, 4.69) is 16.8 Å². The van der Waals surface area contributed by atoms with Crippen molar-refractivity contribution in [3.63, 3.8) is 0 Å². The first kappa shape index (κ1) is 14.0. The van der Waals surface area contributed by atoms with Crippen molar-refractivity contribution < 1.29 is 4.79 Å². The van der Waals surface area contributed by atoms with Crippen LogP contribution >= 0.6 is 11.8 Å². The third kappa shape index (κ3) is 2.47. The topological polar surface area (TPSA) is 23.6 Å². The molecule has 0 saturated carbocycles. The molecule has 108 valence electrons. The number of thioether (sulfide) groups is 1. The van der Waals surface area contributed by atoms with Crippen LogP contribution in [0.5, 0.6) is 0 Å². The molecular formula is C16H22N2OS. The maximum Gasteiger partial charge on any atom is 0.255 e. The van der Waals surface area contributed by atoms with Crippen molar-refractivity contribution >= 4 is 17.7 Å². The number of benzene rings is 1. The molecule has 2 atom stereocenters. The van der Waals surface area contributed by atoms with Crippen molar-refractivity contribution in [2.45, 2.75) is 23.8 Å². The first-order chi connectivity index (χ1) is 9.70. The van der Waals surface area contributed by atoms with E-state index in [4.69, 9.17) is 0 Å². The van der Waals surface area contributed by atoms with Crippen LogP contribution in [0.2, 0.25) is 0 Å². The Kier molecular flexibility index (Phi) is 4.03. The first-order valence-corrected chi connectivity index (χ1v) is 8.55. The number of hydrogen-bond donors (Lipinski definition) is 0. The van der Waals surface area contributed by atoms with Gasteiger partial charge in [-0.3, -0.25) is 4.79 Å². The van der Waals surface area contributed by atoms with Gasteiger partial charge in [0.15, 0.2) is 0 Å². The Bertz CT molecular complexity index is 505. The molecule has 3 nitrogen and oxygen atoms in total. The van der Waals surface area contributed by atoms with Crippen LogP contribution in [0.3, 0.4) is 0 Å². The Morgan fingerprint density at radius 1 is 1.25 bits per heavy atom. The molecule has 1 amide bonds. The van der Waals surface area contributed by atoms with E-state index in [0.29, 0.717) is 12.0 Å². The quantitative estimate of drug-likeness (QED) is 0.782. The van der Waals surface area contributed by atoms with Crippen LogP contribution in [-0.2, 0) is 0 Å². The van der Waals surface area contributed by atoms with Gasteiger partial charge in [0, 0.05) is 24.0 Å². The zero-order valence-corrected chi connectivity index (χ0v) is 13.0. The standard InChI is InChI=1S/C16H22N2OS/c1-17-9-7-12-8-10-18(14(12)11-17)16(19)13-5-3-4-6-15(13)20-2/h3-6,12,14H,7-11H2,1-2H3/t12-,14-/m1/s1. The van der Waals surface area contributed by atoms with Crippen molar-refractivity contribution in [3.05, 3.63) is 29.8 Å². The van der Waals surface area contributed by atoms with Gasteiger partial charge in [0.25, 0.3) is 5.91 Å². The summed E-state index contributed by atoms with van der Waals surface area (Å²) < 4.78 is 0. The molecule has 2 saturated heterocycles. The van der Waals surface area contributed by atoms with Crippen LogP contribution in [0.15, 0.2) is 29.2 Å². The molecule has 2 aliphatic rings. The number of carbonyl (C=O) groups is 1. The van der Waals surface area contributed by atoms with Gasteiger partial charge in [-0.1, -0.05) is 12.1 Å². The molecule has 2 aliphatic heterocycles. The molecule has 0 bridgehead atoms. The summed E-state index contributed by atoms with van der Waals surface area (Å²) in [6, 6.07) is 8.39. The van der Waals surface area contributed by atoms with E-state index < -0.39 is 0 Å². The minimum Gasteiger partial charge on any atom is -0.334 e. The van der Waals surface area contributed by atoms with Gasteiger partial charge >= 0.3 is 0 Å². The van der Waals surface area contributed by atoms with Crippen LogP contribution < -0.4 is 0 Å². The predicted molar refractivity (Wildman–Crippen MR) is 83.3 cm³/mol.